The minimum absolute atomic E-state index is 0.0426. The minimum Gasteiger partial charge on any atom is -0.446 e. The van der Waals surface area contributed by atoms with Gasteiger partial charge in [0.1, 0.15) is 6.10 Å². The van der Waals surface area contributed by atoms with Gasteiger partial charge in [0, 0.05) is 29.9 Å². The number of hydrogen-bond donors (Lipinski definition) is 3. The van der Waals surface area contributed by atoms with Gasteiger partial charge in [-0.1, -0.05) is 26.0 Å². The molecule has 0 saturated heterocycles. The number of rotatable bonds is 7. The Morgan fingerprint density at radius 2 is 1.91 bits per heavy atom. The number of amides is 2. The third-order valence-corrected chi connectivity index (χ3v) is 6.01. The van der Waals surface area contributed by atoms with Gasteiger partial charge >= 0.3 is 6.09 Å². The predicted octanol–water partition coefficient (Wildman–Crippen LogP) is 4.74. The highest BCUT2D eigenvalue weighted by atomic mass is 16.6. The second-order valence-electron chi connectivity index (χ2n) is 9.42. The highest BCUT2D eigenvalue weighted by Crippen LogP contribution is 2.35. The zero-order valence-corrected chi connectivity index (χ0v) is 20.0. The number of aromatic nitrogens is 4. The summed E-state index contributed by atoms with van der Waals surface area (Å²) in [5, 5.41) is 17.2. The van der Waals surface area contributed by atoms with Gasteiger partial charge in [-0.3, -0.25) is 9.89 Å². The van der Waals surface area contributed by atoms with Crippen LogP contribution in [-0.2, 0) is 4.74 Å². The number of carbonyl (C=O) groups excluding carboxylic acids is 2. The summed E-state index contributed by atoms with van der Waals surface area (Å²) in [6.45, 7) is 8.09. The predicted molar refractivity (Wildman–Crippen MR) is 129 cm³/mol. The first-order valence-electron chi connectivity index (χ1n) is 11.8. The van der Waals surface area contributed by atoms with E-state index < -0.39 is 0 Å². The second kappa shape index (κ2) is 10.1. The number of H-pyrrole nitrogens is 1. The van der Waals surface area contributed by atoms with Gasteiger partial charge in [0.15, 0.2) is 5.82 Å². The second-order valence-corrected chi connectivity index (χ2v) is 9.42. The normalized spacial score (nSPS) is 17.8. The molecule has 1 aliphatic carbocycles. The summed E-state index contributed by atoms with van der Waals surface area (Å²) in [6, 6.07) is 10.0. The Hall–Kier alpha value is -3.62. The molecule has 9 heteroatoms. The van der Waals surface area contributed by atoms with Gasteiger partial charge in [-0.2, -0.15) is 10.2 Å². The van der Waals surface area contributed by atoms with E-state index in [1.165, 1.54) is 5.56 Å². The SMILES string of the molecule is CC(C)NC(=O)O[C@@H]1CC[C@H](c2cc(NC(=O)c3cnn(-c4ccc(C(C)C)cc4)c3)n[nH]2)C1. The van der Waals surface area contributed by atoms with Gasteiger partial charge < -0.3 is 15.4 Å². The van der Waals surface area contributed by atoms with Gasteiger partial charge in [0.05, 0.1) is 17.4 Å². The Morgan fingerprint density at radius 1 is 1.15 bits per heavy atom. The number of carbonyl (C=O) groups is 2. The molecule has 0 spiro atoms. The molecule has 9 nitrogen and oxygen atoms in total. The van der Waals surface area contributed by atoms with Crippen molar-refractivity contribution >= 4 is 17.8 Å². The topological polar surface area (TPSA) is 114 Å². The van der Waals surface area contributed by atoms with Crippen LogP contribution in [0.3, 0.4) is 0 Å². The number of alkyl carbamates (subject to hydrolysis) is 1. The first-order valence-corrected chi connectivity index (χ1v) is 11.8. The number of hydrogen-bond acceptors (Lipinski definition) is 5. The largest absolute Gasteiger partial charge is 0.446 e. The van der Waals surface area contributed by atoms with E-state index in [1.54, 1.807) is 17.1 Å². The molecule has 1 aliphatic rings. The van der Waals surface area contributed by atoms with E-state index in [1.807, 2.05) is 32.0 Å². The third-order valence-electron chi connectivity index (χ3n) is 6.01. The molecule has 34 heavy (non-hydrogen) atoms. The molecule has 3 aromatic rings. The molecule has 2 amide bonds. The molecule has 4 rings (SSSR count). The van der Waals surface area contributed by atoms with Crippen molar-refractivity contribution in [3.8, 4) is 5.69 Å². The lowest BCUT2D eigenvalue weighted by molar-refractivity contribution is 0.0979. The van der Waals surface area contributed by atoms with Crippen LogP contribution < -0.4 is 10.6 Å². The van der Waals surface area contributed by atoms with Gasteiger partial charge in [-0.05, 0) is 56.7 Å². The number of benzene rings is 1. The number of nitrogens with zero attached hydrogens (tertiary/aromatic N) is 3. The van der Waals surface area contributed by atoms with Crippen LogP contribution in [0.4, 0.5) is 10.6 Å². The van der Waals surface area contributed by atoms with E-state index >= 15 is 0 Å². The summed E-state index contributed by atoms with van der Waals surface area (Å²) >= 11 is 0. The molecule has 0 radical (unpaired) electrons. The van der Waals surface area contributed by atoms with Crippen molar-refractivity contribution in [2.45, 2.75) is 70.9 Å². The molecule has 2 atom stereocenters. The Labute approximate surface area is 199 Å². The maximum atomic E-state index is 12.7. The van der Waals surface area contributed by atoms with Crippen molar-refractivity contribution in [3.63, 3.8) is 0 Å². The monoisotopic (exact) mass is 464 g/mol. The van der Waals surface area contributed by atoms with E-state index in [4.69, 9.17) is 4.74 Å². The molecule has 0 unspecified atom stereocenters. The van der Waals surface area contributed by atoms with E-state index in [0.29, 0.717) is 17.3 Å². The van der Waals surface area contributed by atoms with Crippen LogP contribution in [0.2, 0.25) is 0 Å². The van der Waals surface area contributed by atoms with Crippen LogP contribution in [0.5, 0.6) is 0 Å². The lowest BCUT2D eigenvalue weighted by atomic mass is 10.0. The molecular weight excluding hydrogens is 432 g/mol. The summed E-state index contributed by atoms with van der Waals surface area (Å²) < 4.78 is 7.18. The summed E-state index contributed by atoms with van der Waals surface area (Å²) in [5.41, 5.74) is 3.52. The standard InChI is InChI=1S/C25H32N6O3/c1-15(2)17-5-8-20(9-6-17)31-14-19(13-26-31)24(32)28-23-12-22(29-30-23)18-7-10-21(11-18)34-25(33)27-16(3)4/h5-6,8-9,12-16,18,21H,7,10-11H2,1-4H3,(H,27,33)(H2,28,29,30,32)/t18-,21+/m0/s1. The quantitative estimate of drug-likeness (QED) is 0.467. The Bertz CT molecular complexity index is 1130. The highest BCUT2D eigenvalue weighted by Gasteiger charge is 2.30. The molecular formula is C25H32N6O3. The van der Waals surface area contributed by atoms with Crippen molar-refractivity contribution in [2.75, 3.05) is 5.32 Å². The number of ether oxygens (including phenoxy) is 1. The zero-order valence-electron chi connectivity index (χ0n) is 20.0. The maximum absolute atomic E-state index is 12.7. The molecule has 3 N–H and O–H groups in total. The fraction of sp³-hybridized carbons (Fsp3) is 0.440. The first-order chi connectivity index (χ1) is 16.3. The Balaban J connectivity index is 1.33. The van der Waals surface area contributed by atoms with E-state index in [-0.39, 0.29) is 30.1 Å². The molecule has 2 heterocycles. The lowest BCUT2D eigenvalue weighted by Gasteiger charge is -2.14. The molecule has 2 aromatic heterocycles. The zero-order chi connectivity index (χ0) is 24.2. The molecule has 1 aromatic carbocycles. The van der Waals surface area contributed by atoms with Crippen molar-refractivity contribution in [1.82, 2.24) is 25.3 Å². The fourth-order valence-electron chi connectivity index (χ4n) is 4.14. The van der Waals surface area contributed by atoms with Crippen molar-refractivity contribution < 1.29 is 14.3 Å². The Kier molecular flexibility index (Phi) is 7.00. The van der Waals surface area contributed by atoms with E-state index in [2.05, 4.69) is 51.9 Å². The van der Waals surface area contributed by atoms with Crippen LogP contribution in [0.25, 0.3) is 5.69 Å². The molecule has 180 valence electrons. The van der Waals surface area contributed by atoms with Crippen LogP contribution >= 0.6 is 0 Å². The van der Waals surface area contributed by atoms with E-state index in [0.717, 1.165) is 30.6 Å². The highest BCUT2D eigenvalue weighted by molar-refractivity contribution is 6.03. The Morgan fingerprint density at radius 3 is 2.62 bits per heavy atom. The minimum atomic E-state index is -0.380. The number of aromatic amines is 1. The van der Waals surface area contributed by atoms with E-state index in [9.17, 15) is 9.59 Å². The fourth-order valence-corrected chi connectivity index (χ4v) is 4.14. The van der Waals surface area contributed by atoms with Crippen LogP contribution in [0, 0.1) is 0 Å². The summed E-state index contributed by atoms with van der Waals surface area (Å²) in [6.07, 6.45) is 5.16. The number of nitrogens with one attached hydrogen (secondary N) is 3. The molecule has 0 bridgehead atoms. The third kappa shape index (κ3) is 5.65. The van der Waals surface area contributed by atoms with Gasteiger partial charge in [0.2, 0.25) is 0 Å². The maximum Gasteiger partial charge on any atom is 0.407 e. The molecule has 1 fully saturated rings. The average Bonchev–Trinajstić information content (AvgIpc) is 3.54. The van der Waals surface area contributed by atoms with Crippen LogP contribution in [0.15, 0.2) is 42.7 Å². The van der Waals surface area contributed by atoms with Gasteiger partial charge in [-0.15, -0.1) is 0 Å². The lowest BCUT2D eigenvalue weighted by Crippen LogP contribution is -2.33. The van der Waals surface area contributed by atoms with Gasteiger partial charge in [0.25, 0.3) is 5.91 Å². The van der Waals surface area contributed by atoms with Crippen molar-refractivity contribution in [2.24, 2.45) is 0 Å². The first kappa shape index (κ1) is 23.5. The van der Waals surface area contributed by atoms with Crippen molar-refractivity contribution in [1.29, 1.82) is 0 Å². The van der Waals surface area contributed by atoms with Crippen LogP contribution in [-0.4, -0.2) is 44.1 Å². The van der Waals surface area contributed by atoms with Crippen LogP contribution in [0.1, 0.15) is 80.4 Å². The average molecular weight is 465 g/mol. The summed E-state index contributed by atoms with van der Waals surface area (Å²) in [4.78, 5) is 24.6. The molecule has 0 aliphatic heterocycles. The molecule has 1 saturated carbocycles. The van der Waals surface area contributed by atoms with Gasteiger partial charge in [-0.25, -0.2) is 9.48 Å². The summed E-state index contributed by atoms with van der Waals surface area (Å²) in [7, 11) is 0. The van der Waals surface area contributed by atoms with Crippen molar-refractivity contribution in [3.05, 3.63) is 59.5 Å². The summed E-state index contributed by atoms with van der Waals surface area (Å²) in [5.74, 6) is 0.836. The number of anilines is 1. The smallest absolute Gasteiger partial charge is 0.407 e.